The second-order valence-corrected chi connectivity index (χ2v) is 3.35. The molecule has 2 N–H and O–H groups in total. The highest BCUT2D eigenvalue weighted by Gasteiger charge is 2.07. The zero-order valence-corrected chi connectivity index (χ0v) is 8.57. The van der Waals surface area contributed by atoms with Crippen LogP contribution in [-0.2, 0) is 0 Å². The monoisotopic (exact) mass is 226 g/mol. The summed E-state index contributed by atoms with van der Waals surface area (Å²) in [5.41, 5.74) is -0.0424. The Bertz CT molecular complexity index is 632. The molecule has 0 spiro atoms. The quantitative estimate of drug-likeness (QED) is 0.728. The van der Waals surface area contributed by atoms with Gasteiger partial charge in [-0.2, -0.15) is 0 Å². The maximum Gasteiger partial charge on any atom is 0.259 e. The Morgan fingerprint density at radius 3 is 2.80 bits per heavy atom. The van der Waals surface area contributed by atoms with Gasteiger partial charge in [0.25, 0.3) is 5.56 Å². The van der Waals surface area contributed by atoms with Crippen LogP contribution >= 0.6 is 12.2 Å². The first kappa shape index (κ1) is 9.85. The molecule has 0 saturated heterocycles. The van der Waals surface area contributed by atoms with E-state index in [-0.39, 0.29) is 15.9 Å². The van der Waals surface area contributed by atoms with Gasteiger partial charge in [0.05, 0.1) is 18.0 Å². The normalized spacial score (nSPS) is 10.5. The van der Waals surface area contributed by atoms with E-state index < -0.39 is 11.4 Å². The van der Waals surface area contributed by atoms with Gasteiger partial charge < -0.3 is 9.72 Å². The van der Waals surface area contributed by atoms with E-state index in [1.165, 1.54) is 13.2 Å². The van der Waals surface area contributed by atoms with E-state index in [1.807, 2.05) is 0 Å². The van der Waals surface area contributed by atoms with Crippen LogP contribution in [-0.4, -0.2) is 17.1 Å². The van der Waals surface area contributed by atoms with Crippen LogP contribution in [0.4, 0.5) is 4.39 Å². The smallest absolute Gasteiger partial charge is 0.259 e. The molecule has 15 heavy (non-hydrogen) atoms. The summed E-state index contributed by atoms with van der Waals surface area (Å²) < 4.78 is 18.2. The van der Waals surface area contributed by atoms with Crippen molar-refractivity contribution in [3.63, 3.8) is 0 Å². The molecule has 0 aliphatic rings. The van der Waals surface area contributed by atoms with E-state index in [0.29, 0.717) is 5.52 Å². The first-order chi connectivity index (χ1) is 7.11. The average Bonchev–Trinajstić information content (AvgIpc) is 2.18. The number of aromatic nitrogens is 2. The number of benzene rings is 1. The van der Waals surface area contributed by atoms with E-state index in [0.717, 1.165) is 6.07 Å². The molecule has 0 aliphatic heterocycles. The third kappa shape index (κ3) is 1.63. The van der Waals surface area contributed by atoms with Gasteiger partial charge in [-0.1, -0.05) is 0 Å². The maximum absolute atomic E-state index is 13.1. The van der Waals surface area contributed by atoms with Crippen LogP contribution in [0, 0.1) is 10.6 Å². The minimum atomic E-state index is -0.532. The van der Waals surface area contributed by atoms with Crippen LogP contribution in [0.2, 0.25) is 0 Å². The van der Waals surface area contributed by atoms with Crippen molar-refractivity contribution in [1.82, 2.24) is 9.97 Å². The highest BCUT2D eigenvalue weighted by atomic mass is 32.1. The highest BCUT2D eigenvalue weighted by Crippen LogP contribution is 2.22. The van der Waals surface area contributed by atoms with Crippen molar-refractivity contribution in [2.45, 2.75) is 0 Å². The first-order valence-electron chi connectivity index (χ1n) is 4.11. The lowest BCUT2D eigenvalue weighted by Gasteiger charge is -2.04. The van der Waals surface area contributed by atoms with Gasteiger partial charge in [-0.15, -0.1) is 0 Å². The van der Waals surface area contributed by atoms with Gasteiger partial charge in [-0.05, 0) is 18.3 Å². The van der Waals surface area contributed by atoms with Crippen molar-refractivity contribution in [2.24, 2.45) is 0 Å². The Kier molecular flexibility index (Phi) is 2.28. The van der Waals surface area contributed by atoms with Gasteiger partial charge in [0, 0.05) is 6.07 Å². The fourth-order valence-corrected chi connectivity index (χ4v) is 1.56. The number of methoxy groups -OCH3 is 1. The number of rotatable bonds is 1. The van der Waals surface area contributed by atoms with Crippen LogP contribution in [0.25, 0.3) is 10.9 Å². The van der Waals surface area contributed by atoms with Gasteiger partial charge in [-0.25, -0.2) is 4.39 Å². The minimum Gasteiger partial charge on any atom is -0.494 e. The van der Waals surface area contributed by atoms with Gasteiger partial charge in [0.15, 0.2) is 4.77 Å². The van der Waals surface area contributed by atoms with Crippen LogP contribution in [0.1, 0.15) is 0 Å². The maximum atomic E-state index is 13.1. The number of nitrogens with one attached hydrogen (secondary N) is 2. The van der Waals surface area contributed by atoms with E-state index in [9.17, 15) is 9.18 Å². The zero-order chi connectivity index (χ0) is 11.0. The van der Waals surface area contributed by atoms with Crippen LogP contribution < -0.4 is 10.3 Å². The molecule has 2 rings (SSSR count). The van der Waals surface area contributed by atoms with Crippen LogP contribution in [0.15, 0.2) is 16.9 Å². The summed E-state index contributed by atoms with van der Waals surface area (Å²) in [5, 5.41) is 0.181. The number of fused-ring (bicyclic) bond motifs is 1. The van der Waals surface area contributed by atoms with E-state index in [2.05, 4.69) is 9.97 Å². The van der Waals surface area contributed by atoms with Gasteiger partial charge >= 0.3 is 0 Å². The van der Waals surface area contributed by atoms with Gasteiger partial charge in [0.2, 0.25) is 0 Å². The topological polar surface area (TPSA) is 57.9 Å². The second-order valence-electron chi connectivity index (χ2n) is 2.94. The molecule has 78 valence electrons. The predicted molar refractivity (Wildman–Crippen MR) is 56.3 cm³/mol. The number of H-pyrrole nitrogens is 2. The SMILES string of the molecule is COc1cc(F)cc2c(=O)[nH]c(=S)[nH]c12. The number of hydrogen-bond acceptors (Lipinski definition) is 3. The molecule has 0 saturated carbocycles. The van der Waals surface area contributed by atoms with Crippen molar-refractivity contribution in [3.8, 4) is 5.75 Å². The lowest BCUT2D eigenvalue weighted by molar-refractivity contribution is 0.415. The molecule has 0 bridgehead atoms. The lowest BCUT2D eigenvalue weighted by Crippen LogP contribution is -2.08. The zero-order valence-electron chi connectivity index (χ0n) is 7.76. The average molecular weight is 226 g/mol. The van der Waals surface area contributed by atoms with Gasteiger partial charge in [-0.3, -0.25) is 9.78 Å². The summed E-state index contributed by atoms with van der Waals surface area (Å²) in [6, 6.07) is 2.31. The molecule has 0 atom stereocenters. The summed E-state index contributed by atoms with van der Waals surface area (Å²) in [6.07, 6.45) is 0. The molecule has 0 amide bonds. The molecule has 1 aromatic heterocycles. The largest absolute Gasteiger partial charge is 0.494 e. The molecule has 2 aromatic rings. The molecule has 1 heterocycles. The molecular formula is C9H7FN2O2S. The Labute approximate surface area is 88.7 Å². The third-order valence-electron chi connectivity index (χ3n) is 2.00. The Morgan fingerprint density at radius 1 is 1.40 bits per heavy atom. The van der Waals surface area contributed by atoms with Crippen molar-refractivity contribution in [2.75, 3.05) is 7.11 Å². The van der Waals surface area contributed by atoms with E-state index >= 15 is 0 Å². The van der Waals surface area contributed by atoms with Gasteiger partial charge in [0.1, 0.15) is 11.6 Å². The predicted octanol–water partition coefficient (Wildman–Crippen LogP) is 1.73. The molecular weight excluding hydrogens is 219 g/mol. The Morgan fingerprint density at radius 2 is 2.13 bits per heavy atom. The minimum absolute atomic E-state index is 0.178. The number of ether oxygens (including phenoxy) is 1. The summed E-state index contributed by atoms with van der Waals surface area (Å²) in [4.78, 5) is 16.6. The molecule has 0 unspecified atom stereocenters. The standard InChI is InChI=1S/C9H7FN2O2S/c1-14-6-3-4(10)2-5-7(6)11-9(15)12-8(5)13/h2-3H,1H3,(H2,11,12,13,15). The second kappa shape index (κ2) is 3.47. The Balaban J connectivity index is 3.03. The molecule has 0 fully saturated rings. The third-order valence-corrected chi connectivity index (χ3v) is 2.20. The summed E-state index contributed by atoms with van der Waals surface area (Å²) in [5.74, 6) is -0.280. The summed E-state index contributed by atoms with van der Waals surface area (Å²) in [6.45, 7) is 0. The number of hydrogen-bond donors (Lipinski definition) is 2. The number of aromatic amines is 2. The van der Waals surface area contributed by atoms with E-state index in [4.69, 9.17) is 17.0 Å². The molecule has 6 heteroatoms. The van der Waals surface area contributed by atoms with Crippen molar-refractivity contribution in [3.05, 3.63) is 33.1 Å². The molecule has 0 aliphatic carbocycles. The van der Waals surface area contributed by atoms with Crippen molar-refractivity contribution in [1.29, 1.82) is 0 Å². The number of halogens is 1. The highest BCUT2D eigenvalue weighted by molar-refractivity contribution is 7.71. The van der Waals surface area contributed by atoms with Crippen LogP contribution in [0.3, 0.4) is 0 Å². The summed E-state index contributed by atoms with van der Waals surface area (Å²) >= 11 is 4.81. The Hall–Kier alpha value is -1.69. The van der Waals surface area contributed by atoms with Crippen molar-refractivity contribution >= 4 is 23.1 Å². The van der Waals surface area contributed by atoms with E-state index in [1.54, 1.807) is 0 Å². The molecule has 0 radical (unpaired) electrons. The van der Waals surface area contributed by atoms with Crippen molar-refractivity contribution < 1.29 is 9.13 Å². The molecule has 4 nitrogen and oxygen atoms in total. The van der Waals surface area contributed by atoms with Crippen LogP contribution in [0.5, 0.6) is 5.75 Å². The lowest BCUT2D eigenvalue weighted by atomic mass is 10.2. The fraction of sp³-hybridized carbons (Fsp3) is 0.111. The fourth-order valence-electron chi connectivity index (χ4n) is 1.37. The first-order valence-corrected chi connectivity index (χ1v) is 4.52. The summed E-state index contributed by atoms with van der Waals surface area (Å²) in [7, 11) is 1.40. The molecule has 1 aromatic carbocycles.